The van der Waals surface area contributed by atoms with E-state index in [0.717, 1.165) is 24.8 Å². The van der Waals surface area contributed by atoms with Crippen molar-refractivity contribution in [1.29, 1.82) is 0 Å². The van der Waals surface area contributed by atoms with E-state index in [4.69, 9.17) is 0 Å². The van der Waals surface area contributed by atoms with Crippen LogP contribution in [0.15, 0.2) is 29.2 Å². The van der Waals surface area contributed by atoms with Crippen LogP contribution in [-0.4, -0.2) is 26.7 Å². The van der Waals surface area contributed by atoms with Crippen LogP contribution in [0.2, 0.25) is 0 Å². The second-order valence-corrected chi connectivity index (χ2v) is 7.61. The minimum atomic E-state index is -3.43. The molecule has 20 heavy (non-hydrogen) atoms. The second-order valence-electron chi connectivity index (χ2n) is 5.79. The number of benzene rings is 1. The van der Waals surface area contributed by atoms with Crippen molar-refractivity contribution < 1.29 is 13.5 Å². The molecule has 2 aliphatic rings. The van der Waals surface area contributed by atoms with E-state index in [9.17, 15) is 13.5 Å². The maximum Gasteiger partial charge on any atom is 0.236 e. The normalized spacial score (nSPS) is 20.1. The Morgan fingerprint density at radius 3 is 2.65 bits per heavy atom. The number of rotatable bonds is 5. The SMILES string of the molecule is O=S(=O)(NCC1(CO)CC1)C1=Cc2ccccc2CC1. The lowest BCUT2D eigenvalue weighted by Crippen LogP contribution is -2.33. The zero-order valence-electron chi connectivity index (χ0n) is 11.3. The number of aliphatic hydroxyl groups is 1. The van der Waals surface area contributed by atoms with Gasteiger partial charge in [-0.3, -0.25) is 0 Å². The van der Waals surface area contributed by atoms with E-state index in [0.29, 0.717) is 17.9 Å². The van der Waals surface area contributed by atoms with Gasteiger partial charge in [-0.05, 0) is 42.9 Å². The Kier molecular flexibility index (Phi) is 3.44. The van der Waals surface area contributed by atoms with Crippen LogP contribution in [0.1, 0.15) is 30.4 Å². The predicted molar refractivity (Wildman–Crippen MR) is 78.4 cm³/mol. The first-order chi connectivity index (χ1) is 9.55. The van der Waals surface area contributed by atoms with Crippen LogP contribution in [0, 0.1) is 5.41 Å². The van der Waals surface area contributed by atoms with E-state index in [-0.39, 0.29) is 12.0 Å². The number of allylic oxidation sites excluding steroid dienone is 1. The molecule has 0 radical (unpaired) electrons. The molecule has 4 nitrogen and oxygen atoms in total. The summed E-state index contributed by atoms with van der Waals surface area (Å²) in [7, 11) is -3.43. The number of nitrogens with one attached hydrogen (secondary N) is 1. The predicted octanol–water partition coefficient (Wildman–Crippen LogP) is 1.67. The molecule has 3 rings (SSSR count). The number of aliphatic hydroxyl groups excluding tert-OH is 1. The zero-order chi connectivity index (χ0) is 14.2. The van der Waals surface area contributed by atoms with Crippen molar-refractivity contribution >= 4 is 16.1 Å². The van der Waals surface area contributed by atoms with Gasteiger partial charge in [0.05, 0.1) is 4.91 Å². The Morgan fingerprint density at radius 1 is 1.20 bits per heavy atom. The molecule has 5 heteroatoms. The standard InChI is InChI=1S/C15H19NO3S/c17-11-15(7-8-15)10-16-20(18,19)14-6-5-12-3-1-2-4-13(12)9-14/h1-4,9,16-17H,5-8,10-11H2. The van der Waals surface area contributed by atoms with Gasteiger partial charge in [0, 0.05) is 18.6 Å². The first kappa shape index (κ1) is 13.8. The van der Waals surface area contributed by atoms with Crippen molar-refractivity contribution in [2.75, 3.05) is 13.2 Å². The molecule has 2 aliphatic carbocycles. The van der Waals surface area contributed by atoms with Crippen LogP contribution in [0.5, 0.6) is 0 Å². The minimum Gasteiger partial charge on any atom is -0.396 e. The van der Waals surface area contributed by atoms with E-state index in [1.54, 1.807) is 6.08 Å². The first-order valence-corrected chi connectivity index (χ1v) is 8.42. The molecule has 0 amide bonds. The van der Waals surface area contributed by atoms with Crippen molar-refractivity contribution in [3.05, 3.63) is 40.3 Å². The largest absolute Gasteiger partial charge is 0.396 e. The molecule has 1 aromatic rings. The van der Waals surface area contributed by atoms with Gasteiger partial charge in [0.25, 0.3) is 0 Å². The molecule has 0 spiro atoms. The summed E-state index contributed by atoms with van der Waals surface area (Å²) in [5.74, 6) is 0. The van der Waals surface area contributed by atoms with E-state index < -0.39 is 10.0 Å². The Morgan fingerprint density at radius 2 is 1.95 bits per heavy atom. The average molecular weight is 293 g/mol. The van der Waals surface area contributed by atoms with Crippen molar-refractivity contribution in [2.24, 2.45) is 5.41 Å². The molecule has 0 atom stereocenters. The highest BCUT2D eigenvalue weighted by atomic mass is 32.2. The van der Waals surface area contributed by atoms with Gasteiger partial charge in [-0.1, -0.05) is 24.3 Å². The van der Waals surface area contributed by atoms with E-state index in [2.05, 4.69) is 4.72 Å². The Labute approximate surface area is 119 Å². The summed E-state index contributed by atoms with van der Waals surface area (Å²) in [5.41, 5.74) is 1.98. The molecule has 0 saturated heterocycles. The highest BCUT2D eigenvalue weighted by Gasteiger charge is 2.42. The summed E-state index contributed by atoms with van der Waals surface area (Å²) in [4.78, 5) is 0.449. The lowest BCUT2D eigenvalue weighted by atomic mass is 9.98. The van der Waals surface area contributed by atoms with Gasteiger partial charge in [0.15, 0.2) is 0 Å². The molecule has 0 heterocycles. The van der Waals surface area contributed by atoms with Crippen molar-refractivity contribution in [3.8, 4) is 0 Å². The van der Waals surface area contributed by atoms with Gasteiger partial charge in [0.1, 0.15) is 0 Å². The summed E-state index contributed by atoms with van der Waals surface area (Å²) in [6, 6.07) is 7.87. The molecule has 0 unspecified atom stereocenters. The second kappa shape index (κ2) is 4.98. The number of hydrogen-bond donors (Lipinski definition) is 2. The van der Waals surface area contributed by atoms with Gasteiger partial charge >= 0.3 is 0 Å². The lowest BCUT2D eigenvalue weighted by molar-refractivity contribution is 0.213. The fourth-order valence-electron chi connectivity index (χ4n) is 2.53. The molecule has 0 aromatic heterocycles. The number of aryl methyl sites for hydroxylation is 1. The van der Waals surface area contributed by atoms with Crippen LogP contribution in [-0.2, 0) is 16.4 Å². The van der Waals surface area contributed by atoms with Gasteiger partial charge in [-0.2, -0.15) is 0 Å². The minimum absolute atomic E-state index is 0.0530. The monoisotopic (exact) mass is 293 g/mol. The maximum absolute atomic E-state index is 12.3. The molecule has 1 aromatic carbocycles. The van der Waals surface area contributed by atoms with Gasteiger partial charge < -0.3 is 5.11 Å². The Hall–Kier alpha value is -1.17. The summed E-state index contributed by atoms with van der Waals surface area (Å²) in [5, 5.41) is 9.24. The first-order valence-electron chi connectivity index (χ1n) is 6.94. The lowest BCUT2D eigenvalue weighted by Gasteiger charge is -2.18. The Bertz CT molecular complexity index is 645. The smallest absolute Gasteiger partial charge is 0.236 e. The fraction of sp³-hybridized carbons (Fsp3) is 0.467. The molecule has 1 saturated carbocycles. The Balaban J connectivity index is 1.77. The van der Waals surface area contributed by atoms with E-state index in [1.807, 2.05) is 24.3 Å². The molecular weight excluding hydrogens is 274 g/mol. The van der Waals surface area contributed by atoms with Crippen LogP contribution in [0.3, 0.4) is 0 Å². The van der Waals surface area contributed by atoms with Crippen LogP contribution in [0.25, 0.3) is 6.08 Å². The molecule has 0 bridgehead atoms. The topological polar surface area (TPSA) is 66.4 Å². The fourth-order valence-corrected chi connectivity index (χ4v) is 3.86. The third-order valence-corrected chi connectivity index (χ3v) is 5.82. The molecule has 2 N–H and O–H groups in total. The third kappa shape index (κ3) is 2.66. The van der Waals surface area contributed by atoms with E-state index in [1.165, 1.54) is 5.56 Å². The average Bonchev–Trinajstić information content (AvgIpc) is 3.25. The third-order valence-electron chi connectivity index (χ3n) is 4.29. The van der Waals surface area contributed by atoms with Crippen molar-refractivity contribution in [2.45, 2.75) is 25.7 Å². The van der Waals surface area contributed by atoms with Gasteiger partial charge in [-0.15, -0.1) is 0 Å². The summed E-state index contributed by atoms with van der Waals surface area (Å²) >= 11 is 0. The molecule has 0 aliphatic heterocycles. The summed E-state index contributed by atoms with van der Waals surface area (Å²) in [6.07, 6.45) is 4.86. The van der Waals surface area contributed by atoms with Crippen molar-refractivity contribution in [3.63, 3.8) is 0 Å². The highest BCUT2D eigenvalue weighted by Crippen LogP contribution is 2.44. The van der Waals surface area contributed by atoms with Crippen LogP contribution < -0.4 is 4.72 Å². The quantitative estimate of drug-likeness (QED) is 0.868. The number of fused-ring (bicyclic) bond motifs is 1. The van der Waals surface area contributed by atoms with Gasteiger partial charge in [0.2, 0.25) is 10.0 Å². The molecule has 108 valence electrons. The zero-order valence-corrected chi connectivity index (χ0v) is 12.1. The van der Waals surface area contributed by atoms with Crippen LogP contribution in [0.4, 0.5) is 0 Å². The van der Waals surface area contributed by atoms with E-state index >= 15 is 0 Å². The highest BCUT2D eigenvalue weighted by molar-refractivity contribution is 7.93. The van der Waals surface area contributed by atoms with Gasteiger partial charge in [-0.25, -0.2) is 13.1 Å². The van der Waals surface area contributed by atoms with Crippen molar-refractivity contribution in [1.82, 2.24) is 4.72 Å². The number of hydrogen-bond acceptors (Lipinski definition) is 3. The summed E-state index contributed by atoms with van der Waals surface area (Å²) < 4.78 is 27.3. The number of sulfonamides is 1. The van der Waals surface area contributed by atoms with Crippen LogP contribution >= 0.6 is 0 Å². The maximum atomic E-state index is 12.3. The summed E-state index contributed by atoms with van der Waals surface area (Å²) in [6.45, 7) is 0.391. The molecular formula is C15H19NO3S. The molecule has 1 fully saturated rings.